The van der Waals surface area contributed by atoms with Gasteiger partial charge < -0.3 is 14.7 Å². The number of rotatable bonds is 2. The molecule has 1 aromatic heterocycles. The molecule has 1 spiro atoms. The van der Waals surface area contributed by atoms with Crippen LogP contribution in [0.3, 0.4) is 0 Å². The fraction of sp³-hybridized carbons (Fsp3) is 0.500. The fourth-order valence-corrected chi connectivity index (χ4v) is 4.20. The molecule has 2 fully saturated rings. The van der Waals surface area contributed by atoms with E-state index < -0.39 is 0 Å². The first-order valence-corrected chi connectivity index (χ1v) is 9.05. The van der Waals surface area contributed by atoms with E-state index in [0.29, 0.717) is 12.1 Å². The van der Waals surface area contributed by atoms with Crippen LogP contribution in [0.1, 0.15) is 36.0 Å². The third-order valence-electron chi connectivity index (χ3n) is 5.83. The lowest BCUT2D eigenvalue weighted by Crippen LogP contribution is -2.54. The number of amides is 1. The molecular weight excluding hydrogens is 316 g/mol. The van der Waals surface area contributed by atoms with Gasteiger partial charge in [-0.05, 0) is 49.3 Å². The second-order valence-corrected chi connectivity index (χ2v) is 7.33. The smallest absolute Gasteiger partial charge is 0.254 e. The number of pyridine rings is 1. The molecule has 25 heavy (non-hydrogen) atoms. The Kier molecular flexibility index (Phi) is 4.44. The Balaban J connectivity index is 1.62. The summed E-state index contributed by atoms with van der Waals surface area (Å²) in [5.74, 6) is -0.00262. The van der Waals surface area contributed by atoms with Gasteiger partial charge in [-0.15, -0.1) is 0 Å². The first-order valence-electron chi connectivity index (χ1n) is 9.05. The van der Waals surface area contributed by atoms with E-state index >= 15 is 0 Å². The molecule has 4 rings (SSSR count). The zero-order chi connectivity index (χ0) is 17.3. The summed E-state index contributed by atoms with van der Waals surface area (Å²) in [6.07, 6.45) is 5.64. The Morgan fingerprint density at radius 3 is 2.92 bits per heavy atom. The van der Waals surface area contributed by atoms with Crippen molar-refractivity contribution in [2.75, 3.05) is 26.4 Å². The summed E-state index contributed by atoms with van der Waals surface area (Å²) in [7, 11) is 0. The number of likely N-dealkylation sites (tertiary alicyclic amines) is 1. The zero-order valence-electron chi connectivity index (χ0n) is 14.4. The lowest BCUT2D eigenvalue weighted by atomic mass is 9.72. The number of fused-ring (bicyclic) bond motifs is 1. The van der Waals surface area contributed by atoms with Crippen molar-refractivity contribution in [1.82, 2.24) is 9.88 Å². The van der Waals surface area contributed by atoms with Gasteiger partial charge in [0, 0.05) is 36.9 Å². The molecule has 1 atom stereocenters. The number of hydrogen-bond acceptors (Lipinski definition) is 4. The van der Waals surface area contributed by atoms with E-state index in [9.17, 15) is 9.90 Å². The highest BCUT2D eigenvalue weighted by Gasteiger charge is 2.42. The van der Waals surface area contributed by atoms with Crippen LogP contribution >= 0.6 is 0 Å². The van der Waals surface area contributed by atoms with Crippen LogP contribution in [-0.2, 0) is 4.74 Å². The minimum atomic E-state index is -0.0969. The molecule has 2 aliphatic rings. The third-order valence-corrected chi connectivity index (χ3v) is 5.83. The summed E-state index contributed by atoms with van der Waals surface area (Å²) >= 11 is 0. The SMILES string of the molecule is O=C(c1ccc2cccnc2c1)N1CC2(CCOCC2)CCC1CO. The van der Waals surface area contributed by atoms with Crippen LogP contribution in [0.25, 0.3) is 10.9 Å². The van der Waals surface area contributed by atoms with E-state index in [-0.39, 0.29) is 24.0 Å². The number of aromatic nitrogens is 1. The van der Waals surface area contributed by atoms with Crippen LogP contribution in [0.4, 0.5) is 0 Å². The molecule has 1 N–H and O–H groups in total. The molecule has 0 bridgehead atoms. The lowest BCUT2D eigenvalue weighted by molar-refractivity contribution is -0.0435. The van der Waals surface area contributed by atoms with Crippen LogP contribution < -0.4 is 0 Å². The van der Waals surface area contributed by atoms with Gasteiger partial charge in [-0.2, -0.15) is 0 Å². The maximum atomic E-state index is 13.2. The van der Waals surface area contributed by atoms with E-state index in [1.54, 1.807) is 6.20 Å². The van der Waals surface area contributed by atoms with Gasteiger partial charge in [-0.3, -0.25) is 9.78 Å². The number of aliphatic hydroxyl groups excluding tert-OH is 1. The molecule has 2 aromatic rings. The normalized spacial score (nSPS) is 23.1. The molecule has 132 valence electrons. The second kappa shape index (κ2) is 6.73. The molecule has 2 saturated heterocycles. The second-order valence-electron chi connectivity index (χ2n) is 7.33. The number of carbonyl (C=O) groups is 1. The molecule has 0 radical (unpaired) electrons. The number of carbonyl (C=O) groups excluding carboxylic acids is 1. The van der Waals surface area contributed by atoms with E-state index in [1.165, 1.54) is 0 Å². The Labute approximate surface area is 147 Å². The van der Waals surface area contributed by atoms with E-state index in [4.69, 9.17) is 4.74 Å². The summed E-state index contributed by atoms with van der Waals surface area (Å²) in [5, 5.41) is 10.8. The maximum absolute atomic E-state index is 13.2. The molecule has 2 aliphatic heterocycles. The molecule has 5 nitrogen and oxygen atoms in total. The highest BCUT2D eigenvalue weighted by atomic mass is 16.5. The molecule has 0 saturated carbocycles. The number of ether oxygens (including phenoxy) is 1. The molecular formula is C20H24N2O3. The number of piperidine rings is 1. The Hall–Kier alpha value is -1.98. The predicted octanol–water partition coefficient (Wildman–Crippen LogP) is 2.63. The van der Waals surface area contributed by atoms with Crippen LogP contribution in [0, 0.1) is 5.41 Å². The van der Waals surface area contributed by atoms with Crippen molar-refractivity contribution in [3.05, 3.63) is 42.1 Å². The van der Waals surface area contributed by atoms with Crippen LogP contribution in [0.15, 0.2) is 36.5 Å². The summed E-state index contributed by atoms with van der Waals surface area (Å²) in [6, 6.07) is 9.46. The highest BCUT2D eigenvalue weighted by molar-refractivity contribution is 5.98. The largest absolute Gasteiger partial charge is 0.394 e. The molecule has 3 heterocycles. The molecule has 5 heteroatoms. The average molecular weight is 340 g/mol. The maximum Gasteiger partial charge on any atom is 0.254 e. The first kappa shape index (κ1) is 16.5. The third kappa shape index (κ3) is 3.14. The van der Waals surface area contributed by atoms with Gasteiger partial charge in [-0.25, -0.2) is 0 Å². The zero-order valence-corrected chi connectivity index (χ0v) is 14.4. The van der Waals surface area contributed by atoms with E-state index in [0.717, 1.165) is 49.8 Å². The van der Waals surface area contributed by atoms with Crippen molar-refractivity contribution in [3.63, 3.8) is 0 Å². The van der Waals surface area contributed by atoms with E-state index in [2.05, 4.69) is 4.98 Å². The van der Waals surface area contributed by atoms with Gasteiger partial charge in [-0.1, -0.05) is 12.1 Å². The topological polar surface area (TPSA) is 62.7 Å². The summed E-state index contributed by atoms with van der Waals surface area (Å²) in [6.45, 7) is 2.27. The standard InChI is InChI=1S/C20H24N2O3/c23-13-17-5-6-20(7-10-25-11-8-20)14-22(17)19(24)16-4-3-15-2-1-9-21-18(15)12-16/h1-4,9,12,17,23H,5-8,10-11,13-14H2. The summed E-state index contributed by atoms with van der Waals surface area (Å²) in [4.78, 5) is 19.4. The average Bonchev–Trinajstić information content (AvgIpc) is 2.67. The van der Waals surface area contributed by atoms with Gasteiger partial charge in [0.15, 0.2) is 0 Å². The summed E-state index contributed by atoms with van der Waals surface area (Å²) in [5.41, 5.74) is 1.62. The summed E-state index contributed by atoms with van der Waals surface area (Å²) < 4.78 is 5.52. The quantitative estimate of drug-likeness (QED) is 0.913. The Morgan fingerprint density at radius 1 is 1.28 bits per heavy atom. The molecule has 1 amide bonds. The predicted molar refractivity (Wildman–Crippen MR) is 95.4 cm³/mol. The van der Waals surface area contributed by atoms with Crippen LogP contribution in [0.2, 0.25) is 0 Å². The fourth-order valence-electron chi connectivity index (χ4n) is 4.20. The molecule has 1 unspecified atom stereocenters. The van der Waals surface area contributed by atoms with Crippen LogP contribution in [-0.4, -0.2) is 53.3 Å². The van der Waals surface area contributed by atoms with Gasteiger partial charge in [0.05, 0.1) is 18.2 Å². The van der Waals surface area contributed by atoms with E-state index in [1.807, 2.05) is 35.2 Å². The van der Waals surface area contributed by atoms with Crippen LogP contribution in [0.5, 0.6) is 0 Å². The Bertz CT molecular complexity index is 770. The first-order chi connectivity index (χ1) is 12.2. The number of benzene rings is 1. The highest BCUT2D eigenvalue weighted by Crippen LogP contribution is 2.41. The number of nitrogens with zero attached hydrogens (tertiary/aromatic N) is 2. The van der Waals surface area contributed by atoms with Crippen molar-refractivity contribution in [2.24, 2.45) is 5.41 Å². The minimum Gasteiger partial charge on any atom is -0.394 e. The Morgan fingerprint density at radius 2 is 2.12 bits per heavy atom. The molecule has 0 aliphatic carbocycles. The molecule has 1 aromatic carbocycles. The number of aliphatic hydroxyl groups is 1. The van der Waals surface area contributed by atoms with Gasteiger partial charge in [0.2, 0.25) is 0 Å². The minimum absolute atomic E-state index is 0.00262. The lowest BCUT2D eigenvalue weighted by Gasteiger charge is -2.48. The van der Waals surface area contributed by atoms with Crippen molar-refractivity contribution in [2.45, 2.75) is 31.7 Å². The monoisotopic (exact) mass is 340 g/mol. The van der Waals surface area contributed by atoms with Gasteiger partial charge in [0.25, 0.3) is 5.91 Å². The van der Waals surface area contributed by atoms with Crippen molar-refractivity contribution >= 4 is 16.8 Å². The van der Waals surface area contributed by atoms with Crippen molar-refractivity contribution in [3.8, 4) is 0 Å². The van der Waals surface area contributed by atoms with Crippen molar-refractivity contribution in [1.29, 1.82) is 0 Å². The number of hydrogen-bond donors (Lipinski definition) is 1. The van der Waals surface area contributed by atoms with Gasteiger partial charge in [0.1, 0.15) is 0 Å². The van der Waals surface area contributed by atoms with Gasteiger partial charge >= 0.3 is 0 Å². The van der Waals surface area contributed by atoms with Crippen molar-refractivity contribution < 1.29 is 14.6 Å².